The van der Waals surface area contributed by atoms with Crippen molar-refractivity contribution in [3.05, 3.63) is 47.8 Å². The Labute approximate surface area is 113 Å². The van der Waals surface area contributed by atoms with Crippen LogP contribution in [0.15, 0.2) is 42.6 Å². The van der Waals surface area contributed by atoms with Crippen LogP contribution in [-0.4, -0.2) is 30.4 Å². The standard InChI is InChI=1S/C14H20N2O3/c1-3-16(18,4-2)11-8-12-19-14(17)15-13-9-6-5-7-10-13/h5-11H,3-4,12H2,1-2H3,(H,15,17)/b11-8+. The fraction of sp³-hybridized carbons (Fsp3) is 0.357. The molecule has 1 rings (SSSR count). The van der Waals surface area contributed by atoms with Crippen LogP contribution >= 0.6 is 0 Å². The molecule has 0 saturated heterocycles. The molecule has 5 heteroatoms. The van der Waals surface area contributed by atoms with Gasteiger partial charge in [0.15, 0.2) is 0 Å². The van der Waals surface area contributed by atoms with Gasteiger partial charge in [-0.05, 0) is 26.0 Å². The Hall–Kier alpha value is -1.85. The summed E-state index contributed by atoms with van der Waals surface area (Å²) in [7, 11) is 0. The Kier molecular flexibility index (Phi) is 6.05. The summed E-state index contributed by atoms with van der Waals surface area (Å²) in [6.45, 7) is 4.65. The van der Waals surface area contributed by atoms with E-state index in [-0.39, 0.29) is 6.61 Å². The minimum Gasteiger partial charge on any atom is -0.628 e. The van der Waals surface area contributed by atoms with Crippen molar-refractivity contribution in [3.8, 4) is 0 Å². The minimum atomic E-state index is -0.534. The number of amides is 1. The van der Waals surface area contributed by atoms with Gasteiger partial charge in [0.25, 0.3) is 0 Å². The number of nitrogens with one attached hydrogen (secondary N) is 1. The predicted molar refractivity (Wildman–Crippen MR) is 75.3 cm³/mol. The number of rotatable bonds is 6. The lowest BCUT2D eigenvalue weighted by Gasteiger charge is -2.36. The molecule has 0 saturated carbocycles. The maximum absolute atomic E-state index is 11.9. The third-order valence-corrected chi connectivity index (χ3v) is 2.78. The van der Waals surface area contributed by atoms with E-state index >= 15 is 0 Å². The zero-order valence-electron chi connectivity index (χ0n) is 11.3. The van der Waals surface area contributed by atoms with Crippen molar-refractivity contribution in [1.29, 1.82) is 0 Å². The zero-order valence-corrected chi connectivity index (χ0v) is 11.3. The topological polar surface area (TPSA) is 61.4 Å². The summed E-state index contributed by atoms with van der Waals surface area (Å²) in [5, 5.41) is 14.5. The third kappa shape index (κ3) is 5.54. The van der Waals surface area contributed by atoms with Gasteiger partial charge in [-0.25, -0.2) is 4.79 Å². The van der Waals surface area contributed by atoms with Gasteiger partial charge >= 0.3 is 6.09 Å². The second kappa shape index (κ2) is 7.56. The van der Waals surface area contributed by atoms with Crippen LogP contribution in [0, 0.1) is 5.21 Å². The monoisotopic (exact) mass is 264 g/mol. The summed E-state index contributed by atoms with van der Waals surface area (Å²) in [6.07, 6.45) is 2.55. The van der Waals surface area contributed by atoms with Gasteiger partial charge in [0.1, 0.15) is 6.61 Å². The Balaban J connectivity index is 2.33. The Morgan fingerprint density at radius 1 is 1.32 bits per heavy atom. The molecule has 1 aromatic rings. The molecule has 1 N–H and O–H groups in total. The van der Waals surface area contributed by atoms with Gasteiger partial charge in [0, 0.05) is 11.8 Å². The molecule has 0 atom stereocenters. The van der Waals surface area contributed by atoms with Crippen molar-refractivity contribution >= 4 is 11.8 Å². The van der Waals surface area contributed by atoms with E-state index in [9.17, 15) is 10.0 Å². The van der Waals surface area contributed by atoms with Crippen molar-refractivity contribution in [2.45, 2.75) is 13.8 Å². The number of quaternary nitrogens is 1. The van der Waals surface area contributed by atoms with Crippen molar-refractivity contribution in [2.24, 2.45) is 0 Å². The van der Waals surface area contributed by atoms with Crippen LogP contribution in [0.2, 0.25) is 0 Å². The predicted octanol–water partition coefficient (Wildman–Crippen LogP) is 3.10. The van der Waals surface area contributed by atoms with Crippen molar-refractivity contribution in [2.75, 3.05) is 25.0 Å². The molecule has 5 nitrogen and oxygen atoms in total. The van der Waals surface area contributed by atoms with Crippen molar-refractivity contribution in [3.63, 3.8) is 0 Å². The fourth-order valence-electron chi connectivity index (χ4n) is 1.47. The number of carbonyl (C=O) groups is 1. The number of benzene rings is 1. The molecule has 1 amide bonds. The maximum atomic E-state index is 11.9. The molecular weight excluding hydrogens is 244 g/mol. The second-order valence-electron chi connectivity index (χ2n) is 4.06. The Morgan fingerprint density at radius 3 is 2.53 bits per heavy atom. The molecule has 0 heterocycles. The zero-order chi connectivity index (χ0) is 14.1. The van der Waals surface area contributed by atoms with E-state index in [0.717, 1.165) is 0 Å². The number of para-hydroxylation sites is 1. The lowest BCUT2D eigenvalue weighted by atomic mass is 10.3. The van der Waals surface area contributed by atoms with Crippen LogP contribution < -0.4 is 5.32 Å². The molecule has 0 aliphatic rings. The Bertz CT molecular complexity index is 414. The highest BCUT2D eigenvalue weighted by molar-refractivity contribution is 5.84. The first-order chi connectivity index (χ1) is 9.09. The largest absolute Gasteiger partial charge is 0.628 e. The summed E-state index contributed by atoms with van der Waals surface area (Å²) in [5.74, 6) is 0. The first kappa shape index (κ1) is 15.2. The normalized spacial score (nSPS) is 11.5. The first-order valence-corrected chi connectivity index (χ1v) is 6.34. The van der Waals surface area contributed by atoms with Gasteiger partial charge in [0.2, 0.25) is 0 Å². The SMILES string of the molecule is CC[N+]([O-])(/C=C/COC(=O)Nc1ccccc1)CC. The molecule has 104 valence electrons. The summed E-state index contributed by atoms with van der Waals surface area (Å²) >= 11 is 0. The number of carbonyl (C=O) groups excluding carboxylic acids is 1. The highest BCUT2D eigenvalue weighted by atomic mass is 16.6. The lowest BCUT2D eigenvalue weighted by molar-refractivity contribution is -0.825. The molecule has 0 spiro atoms. The first-order valence-electron chi connectivity index (χ1n) is 6.34. The van der Waals surface area contributed by atoms with Crippen LogP contribution in [0.25, 0.3) is 0 Å². The molecule has 0 aromatic heterocycles. The number of anilines is 1. The highest BCUT2D eigenvalue weighted by Crippen LogP contribution is 2.06. The fourth-order valence-corrected chi connectivity index (χ4v) is 1.47. The van der Waals surface area contributed by atoms with Gasteiger partial charge in [-0.3, -0.25) is 5.32 Å². The van der Waals surface area contributed by atoms with Crippen molar-refractivity contribution < 1.29 is 14.2 Å². The number of hydrogen-bond acceptors (Lipinski definition) is 3. The van der Waals surface area contributed by atoms with E-state index in [4.69, 9.17) is 4.74 Å². The smallest absolute Gasteiger partial charge is 0.411 e. The van der Waals surface area contributed by atoms with E-state index in [1.165, 1.54) is 6.20 Å². The van der Waals surface area contributed by atoms with Crippen LogP contribution in [0.1, 0.15) is 13.8 Å². The van der Waals surface area contributed by atoms with E-state index in [0.29, 0.717) is 18.8 Å². The third-order valence-electron chi connectivity index (χ3n) is 2.78. The lowest BCUT2D eigenvalue weighted by Crippen LogP contribution is -2.35. The minimum absolute atomic E-state index is 0.0842. The highest BCUT2D eigenvalue weighted by Gasteiger charge is 2.06. The van der Waals surface area contributed by atoms with E-state index in [1.54, 1.807) is 18.2 Å². The van der Waals surface area contributed by atoms with E-state index in [1.807, 2.05) is 32.0 Å². The summed E-state index contributed by atoms with van der Waals surface area (Å²) in [4.78, 5) is 11.4. The van der Waals surface area contributed by atoms with Crippen LogP contribution in [0.4, 0.5) is 10.5 Å². The number of hydroxylamine groups is 3. The molecule has 19 heavy (non-hydrogen) atoms. The maximum Gasteiger partial charge on any atom is 0.411 e. The van der Waals surface area contributed by atoms with Gasteiger partial charge in [-0.2, -0.15) is 0 Å². The van der Waals surface area contributed by atoms with Crippen LogP contribution in [-0.2, 0) is 4.74 Å². The molecular formula is C14H20N2O3. The molecule has 0 radical (unpaired) electrons. The number of nitrogens with zero attached hydrogens (tertiary/aromatic N) is 1. The molecule has 0 aliphatic carbocycles. The molecule has 0 bridgehead atoms. The molecule has 0 aliphatic heterocycles. The van der Waals surface area contributed by atoms with E-state index in [2.05, 4.69) is 5.32 Å². The Morgan fingerprint density at radius 2 is 1.95 bits per heavy atom. The van der Waals surface area contributed by atoms with Gasteiger partial charge in [-0.15, -0.1) is 0 Å². The van der Waals surface area contributed by atoms with E-state index < -0.39 is 10.7 Å². The summed E-state index contributed by atoms with van der Waals surface area (Å²) in [5.41, 5.74) is 0.674. The number of hydrogen-bond donors (Lipinski definition) is 1. The summed E-state index contributed by atoms with van der Waals surface area (Å²) in [6, 6.07) is 9.04. The second-order valence-corrected chi connectivity index (χ2v) is 4.06. The van der Waals surface area contributed by atoms with Gasteiger partial charge < -0.3 is 14.6 Å². The van der Waals surface area contributed by atoms with Crippen LogP contribution in [0.5, 0.6) is 0 Å². The quantitative estimate of drug-likeness (QED) is 0.634. The average molecular weight is 264 g/mol. The van der Waals surface area contributed by atoms with Crippen LogP contribution in [0.3, 0.4) is 0 Å². The molecule has 0 fully saturated rings. The van der Waals surface area contributed by atoms with Gasteiger partial charge in [-0.1, -0.05) is 18.2 Å². The summed E-state index contributed by atoms with van der Waals surface area (Å²) < 4.78 is 4.53. The molecule has 1 aromatic carbocycles. The van der Waals surface area contributed by atoms with Gasteiger partial charge in [0.05, 0.1) is 19.3 Å². The molecule has 0 unspecified atom stereocenters. The van der Waals surface area contributed by atoms with Crippen molar-refractivity contribution in [1.82, 2.24) is 0 Å². The number of ether oxygens (including phenoxy) is 1. The average Bonchev–Trinajstić information content (AvgIpc) is 2.44.